The van der Waals surface area contributed by atoms with Gasteiger partial charge in [0.05, 0.1) is 22.8 Å². The maximum atomic E-state index is 4.68. The van der Waals surface area contributed by atoms with E-state index >= 15 is 0 Å². The van der Waals surface area contributed by atoms with Crippen LogP contribution in [0.25, 0.3) is 11.3 Å². The highest BCUT2D eigenvalue weighted by Crippen LogP contribution is 2.52. The summed E-state index contributed by atoms with van der Waals surface area (Å²) in [6.45, 7) is 9.13. The SMILES string of the molecule is CC(C)(c1cccc(N2c3ccccc3C(C)(C)c3ccc(-c4ccccn4)cc32)c1)c1ccccn1. The number of benzene rings is 3. The molecule has 0 radical (unpaired) electrons. The van der Waals surface area contributed by atoms with Crippen molar-refractivity contribution >= 4 is 17.1 Å². The Morgan fingerprint density at radius 1 is 0.649 bits per heavy atom. The van der Waals surface area contributed by atoms with Gasteiger partial charge in [0.2, 0.25) is 0 Å². The second-order valence-electron chi connectivity index (χ2n) is 10.8. The highest BCUT2D eigenvalue weighted by Gasteiger charge is 2.37. The van der Waals surface area contributed by atoms with E-state index in [1.165, 1.54) is 28.1 Å². The van der Waals surface area contributed by atoms with Crippen LogP contribution in [0.4, 0.5) is 17.1 Å². The Balaban J connectivity index is 1.56. The Bertz CT molecular complexity index is 1570. The lowest BCUT2D eigenvalue weighted by Gasteiger charge is -2.42. The summed E-state index contributed by atoms with van der Waals surface area (Å²) in [5, 5.41) is 0. The Hall–Kier alpha value is -4.24. The van der Waals surface area contributed by atoms with Gasteiger partial charge in [-0.1, -0.05) is 82.3 Å². The molecule has 3 aromatic carbocycles. The predicted molar refractivity (Wildman–Crippen MR) is 153 cm³/mol. The number of anilines is 3. The molecular weight excluding hydrogens is 450 g/mol. The maximum Gasteiger partial charge on any atom is 0.0702 e. The van der Waals surface area contributed by atoms with E-state index in [1.807, 2.05) is 30.6 Å². The molecular formula is C34H31N3. The normalized spacial score (nSPS) is 14.1. The molecule has 0 atom stereocenters. The molecule has 37 heavy (non-hydrogen) atoms. The van der Waals surface area contributed by atoms with Gasteiger partial charge in [0.25, 0.3) is 0 Å². The second-order valence-corrected chi connectivity index (χ2v) is 10.8. The molecule has 0 fully saturated rings. The van der Waals surface area contributed by atoms with Crippen LogP contribution in [-0.2, 0) is 10.8 Å². The summed E-state index contributed by atoms with van der Waals surface area (Å²) in [5.41, 5.74) is 10.2. The summed E-state index contributed by atoms with van der Waals surface area (Å²) in [6.07, 6.45) is 3.73. The van der Waals surface area contributed by atoms with Crippen LogP contribution in [0.1, 0.15) is 50.1 Å². The number of nitrogens with zero attached hydrogens (tertiary/aromatic N) is 3. The second kappa shape index (κ2) is 8.70. The number of rotatable bonds is 4. The molecule has 0 unspecified atom stereocenters. The first kappa shape index (κ1) is 23.2. The third kappa shape index (κ3) is 3.82. The first-order valence-corrected chi connectivity index (χ1v) is 12.8. The third-order valence-electron chi connectivity index (χ3n) is 7.82. The van der Waals surface area contributed by atoms with Crippen LogP contribution >= 0.6 is 0 Å². The number of pyridine rings is 2. The van der Waals surface area contributed by atoms with Crippen molar-refractivity contribution in [2.75, 3.05) is 4.90 Å². The molecule has 0 N–H and O–H groups in total. The topological polar surface area (TPSA) is 29.0 Å². The van der Waals surface area contributed by atoms with E-state index in [9.17, 15) is 0 Å². The Kier molecular flexibility index (Phi) is 5.45. The van der Waals surface area contributed by atoms with Crippen LogP contribution in [0.3, 0.4) is 0 Å². The van der Waals surface area contributed by atoms with Crippen LogP contribution in [-0.4, -0.2) is 9.97 Å². The van der Waals surface area contributed by atoms with Crippen molar-refractivity contribution in [2.45, 2.75) is 38.5 Å². The van der Waals surface area contributed by atoms with Crippen LogP contribution in [0.2, 0.25) is 0 Å². The summed E-state index contributed by atoms with van der Waals surface area (Å²) in [4.78, 5) is 11.7. The molecule has 2 aromatic heterocycles. The smallest absolute Gasteiger partial charge is 0.0702 e. The van der Waals surface area contributed by atoms with E-state index in [0.29, 0.717) is 0 Å². The standard InChI is InChI=1S/C34H31N3/c1-33(2,32-17-8-10-21-36-32)25-12-11-13-26(23-25)37-30-16-6-5-14-27(30)34(3,4)28-19-18-24(22-31(28)37)29-15-7-9-20-35-29/h5-23H,1-4H3. The van der Waals surface area contributed by atoms with Crippen LogP contribution in [0, 0.1) is 0 Å². The van der Waals surface area contributed by atoms with Gasteiger partial charge in [0.15, 0.2) is 0 Å². The van der Waals surface area contributed by atoms with Gasteiger partial charge in [-0.15, -0.1) is 0 Å². The maximum absolute atomic E-state index is 4.68. The molecule has 1 aliphatic heterocycles. The molecule has 182 valence electrons. The highest BCUT2D eigenvalue weighted by atomic mass is 15.2. The van der Waals surface area contributed by atoms with Crippen molar-refractivity contribution < 1.29 is 0 Å². The first-order valence-electron chi connectivity index (χ1n) is 12.8. The average Bonchev–Trinajstić information content (AvgIpc) is 2.94. The first-order chi connectivity index (χ1) is 17.9. The van der Waals surface area contributed by atoms with Crippen molar-refractivity contribution in [2.24, 2.45) is 0 Å². The van der Waals surface area contributed by atoms with Gasteiger partial charge in [-0.05, 0) is 65.2 Å². The molecule has 0 amide bonds. The van der Waals surface area contributed by atoms with Gasteiger partial charge in [0, 0.05) is 34.5 Å². The number of aromatic nitrogens is 2. The van der Waals surface area contributed by atoms with Crippen LogP contribution < -0.4 is 4.90 Å². The number of hydrogen-bond acceptors (Lipinski definition) is 3. The fourth-order valence-electron chi connectivity index (χ4n) is 5.60. The van der Waals surface area contributed by atoms with E-state index in [0.717, 1.165) is 22.6 Å². The molecule has 3 heterocycles. The molecule has 1 aliphatic rings. The molecule has 3 nitrogen and oxygen atoms in total. The van der Waals surface area contributed by atoms with E-state index in [4.69, 9.17) is 0 Å². The van der Waals surface area contributed by atoms with Crippen LogP contribution in [0.15, 0.2) is 116 Å². The van der Waals surface area contributed by atoms with Gasteiger partial charge in [-0.3, -0.25) is 9.97 Å². The van der Waals surface area contributed by atoms with E-state index < -0.39 is 0 Å². The van der Waals surface area contributed by atoms with E-state index in [2.05, 4.69) is 127 Å². The summed E-state index contributed by atoms with van der Waals surface area (Å²) in [7, 11) is 0. The lowest BCUT2D eigenvalue weighted by Crippen LogP contribution is -2.31. The quantitative estimate of drug-likeness (QED) is 0.257. The van der Waals surface area contributed by atoms with E-state index in [1.54, 1.807) is 0 Å². The minimum atomic E-state index is -0.232. The third-order valence-corrected chi connectivity index (χ3v) is 7.82. The van der Waals surface area contributed by atoms with E-state index in [-0.39, 0.29) is 10.8 Å². The zero-order valence-electron chi connectivity index (χ0n) is 21.8. The molecule has 0 bridgehead atoms. The number of fused-ring (bicyclic) bond motifs is 2. The number of para-hydroxylation sites is 1. The molecule has 5 aromatic rings. The zero-order chi connectivity index (χ0) is 25.6. The largest absolute Gasteiger partial charge is 0.310 e. The number of hydrogen-bond donors (Lipinski definition) is 0. The van der Waals surface area contributed by atoms with Crippen LogP contribution in [0.5, 0.6) is 0 Å². The summed E-state index contributed by atoms with van der Waals surface area (Å²) < 4.78 is 0. The van der Waals surface area contributed by atoms with Gasteiger partial charge in [-0.25, -0.2) is 0 Å². The summed E-state index contributed by atoms with van der Waals surface area (Å²) in [6, 6.07) is 36.7. The van der Waals surface area contributed by atoms with Crippen molar-refractivity contribution in [3.05, 3.63) is 138 Å². The van der Waals surface area contributed by atoms with Gasteiger partial charge in [-0.2, -0.15) is 0 Å². The van der Waals surface area contributed by atoms with Crippen molar-refractivity contribution in [1.29, 1.82) is 0 Å². The lowest BCUT2D eigenvalue weighted by atomic mass is 9.73. The Morgan fingerprint density at radius 3 is 2.14 bits per heavy atom. The average molecular weight is 482 g/mol. The fourth-order valence-corrected chi connectivity index (χ4v) is 5.60. The zero-order valence-corrected chi connectivity index (χ0v) is 21.8. The molecule has 0 saturated heterocycles. The summed E-state index contributed by atoms with van der Waals surface area (Å²) in [5.74, 6) is 0. The molecule has 0 saturated carbocycles. The molecule has 0 aliphatic carbocycles. The van der Waals surface area contributed by atoms with Crippen molar-refractivity contribution in [3.63, 3.8) is 0 Å². The minimum Gasteiger partial charge on any atom is -0.310 e. The molecule has 0 spiro atoms. The van der Waals surface area contributed by atoms with Gasteiger partial charge < -0.3 is 4.90 Å². The predicted octanol–water partition coefficient (Wildman–Crippen LogP) is 8.58. The fraction of sp³-hybridized carbons (Fsp3) is 0.176. The van der Waals surface area contributed by atoms with Gasteiger partial charge in [0.1, 0.15) is 0 Å². The Labute approximate surface area is 219 Å². The molecule has 3 heteroatoms. The monoisotopic (exact) mass is 481 g/mol. The van der Waals surface area contributed by atoms with Crippen molar-refractivity contribution in [1.82, 2.24) is 9.97 Å². The highest BCUT2D eigenvalue weighted by molar-refractivity contribution is 5.88. The summed E-state index contributed by atoms with van der Waals surface area (Å²) >= 11 is 0. The molecule has 6 rings (SSSR count). The lowest BCUT2D eigenvalue weighted by molar-refractivity contribution is 0.616. The van der Waals surface area contributed by atoms with Gasteiger partial charge >= 0.3 is 0 Å². The van der Waals surface area contributed by atoms with Crippen molar-refractivity contribution in [3.8, 4) is 11.3 Å². The Morgan fingerprint density at radius 2 is 1.38 bits per heavy atom. The minimum absolute atomic E-state index is 0.129.